The fourth-order valence-electron chi connectivity index (χ4n) is 2.30. The number of aliphatic hydroxyl groups is 1. The molecule has 0 saturated carbocycles. The van der Waals surface area contributed by atoms with Gasteiger partial charge in [0, 0.05) is 11.1 Å². The monoisotopic (exact) mass is 300 g/mol. The largest absolute Gasteiger partial charge is 0.504 e. The van der Waals surface area contributed by atoms with Crippen LogP contribution in [0.3, 0.4) is 0 Å². The summed E-state index contributed by atoms with van der Waals surface area (Å²) in [6, 6.07) is 12.6. The first-order chi connectivity index (χ1) is 10.6. The van der Waals surface area contributed by atoms with Crippen molar-refractivity contribution in [1.82, 2.24) is 0 Å². The van der Waals surface area contributed by atoms with Gasteiger partial charge in [0.25, 0.3) is 0 Å². The zero-order valence-electron chi connectivity index (χ0n) is 12.7. The van der Waals surface area contributed by atoms with Crippen LogP contribution in [0.5, 0.6) is 5.75 Å². The molecule has 2 aromatic carbocycles. The minimum atomic E-state index is -0.604. The molecule has 0 aliphatic carbocycles. The Labute approximate surface area is 130 Å². The lowest BCUT2D eigenvalue weighted by atomic mass is 10.0. The highest BCUT2D eigenvalue weighted by molar-refractivity contribution is 5.72. The Balaban J connectivity index is 2.12. The summed E-state index contributed by atoms with van der Waals surface area (Å²) in [5, 5.41) is 19.2. The number of aromatic hydroxyl groups is 1. The number of halogens is 1. The van der Waals surface area contributed by atoms with E-state index in [1.807, 2.05) is 36.4 Å². The Morgan fingerprint density at radius 2 is 1.86 bits per heavy atom. The molecule has 1 atom stereocenters. The molecule has 2 rings (SSSR count). The molecule has 2 nitrogen and oxygen atoms in total. The second-order valence-corrected chi connectivity index (χ2v) is 5.41. The molecule has 0 aromatic heterocycles. The Bertz CT molecular complexity index is 633. The van der Waals surface area contributed by atoms with Gasteiger partial charge in [-0.25, -0.2) is 4.39 Å². The van der Waals surface area contributed by atoms with Crippen LogP contribution in [0.25, 0.3) is 17.2 Å². The molecule has 0 amide bonds. The quantitative estimate of drug-likeness (QED) is 0.755. The lowest BCUT2D eigenvalue weighted by Crippen LogP contribution is -1.97. The number of phenols is 1. The molecular formula is C19H21FO2. The molecule has 0 radical (unpaired) electrons. The molecule has 3 heteroatoms. The van der Waals surface area contributed by atoms with Gasteiger partial charge in [0.05, 0.1) is 6.10 Å². The maximum Gasteiger partial charge on any atom is 0.172 e. The standard InChI is InChI=1S/C19H21FO2/c1-14(21)8-4-2-7-11-16-12-13-17(19(22)18(16)20)15-9-5-3-6-10-15/h3,5-7,9-14,21-22H,2,4,8H2,1H3. The minimum Gasteiger partial charge on any atom is -0.504 e. The number of hydrogen-bond acceptors (Lipinski definition) is 2. The van der Waals surface area contributed by atoms with E-state index in [-0.39, 0.29) is 11.9 Å². The molecule has 0 fully saturated rings. The lowest BCUT2D eigenvalue weighted by Gasteiger charge is -2.08. The van der Waals surface area contributed by atoms with Gasteiger partial charge in [-0.1, -0.05) is 48.6 Å². The maximum atomic E-state index is 14.2. The summed E-state index contributed by atoms with van der Waals surface area (Å²) >= 11 is 0. The fraction of sp³-hybridized carbons (Fsp3) is 0.263. The van der Waals surface area contributed by atoms with E-state index < -0.39 is 5.82 Å². The van der Waals surface area contributed by atoms with E-state index in [2.05, 4.69) is 0 Å². The molecule has 22 heavy (non-hydrogen) atoms. The Hall–Kier alpha value is -2.13. The zero-order chi connectivity index (χ0) is 15.9. The summed E-state index contributed by atoms with van der Waals surface area (Å²) in [5.74, 6) is -0.926. The van der Waals surface area contributed by atoms with Gasteiger partial charge in [0.2, 0.25) is 0 Å². The smallest absolute Gasteiger partial charge is 0.172 e. The predicted molar refractivity (Wildman–Crippen MR) is 88.1 cm³/mol. The molecule has 1 unspecified atom stereocenters. The maximum absolute atomic E-state index is 14.2. The van der Waals surface area contributed by atoms with Crippen molar-refractivity contribution in [2.24, 2.45) is 0 Å². The normalized spacial score (nSPS) is 12.7. The first-order valence-corrected chi connectivity index (χ1v) is 7.51. The summed E-state index contributed by atoms with van der Waals surface area (Å²) < 4.78 is 14.2. The van der Waals surface area contributed by atoms with Crippen molar-refractivity contribution in [3.8, 4) is 16.9 Å². The van der Waals surface area contributed by atoms with Crippen LogP contribution in [0.4, 0.5) is 4.39 Å². The number of unbranched alkanes of at least 4 members (excludes halogenated alkanes) is 1. The first kappa shape index (κ1) is 16.2. The van der Waals surface area contributed by atoms with Crippen molar-refractivity contribution in [2.45, 2.75) is 32.3 Å². The predicted octanol–water partition coefficient (Wildman–Crippen LogP) is 4.76. The van der Waals surface area contributed by atoms with E-state index in [0.717, 1.165) is 24.8 Å². The summed E-state index contributed by atoms with van der Waals surface area (Å²) in [4.78, 5) is 0. The van der Waals surface area contributed by atoms with Gasteiger partial charge in [0.15, 0.2) is 11.6 Å². The van der Waals surface area contributed by atoms with Crippen LogP contribution in [0.15, 0.2) is 48.5 Å². The van der Waals surface area contributed by atoms with Crippen LogP contribution < -0.4 is 0 Å². The molecule has 116 valence electrons. The van der Waals surface area contributed by atoms with Crippen LogP contribution >= 0.6 is 0 Å². The van der Waals surface area contributed by atoms with Gasteiger partial charge >= 0.3 is 0 Å². The van der Waals surface area contributed by atoms with Crippen molar-refractivity contribution >= 4 is 6.08 Å². The van der Waals surface area contributed by atoms with Gasteiger partial charge in [-0.2, -0.15) is 0 Å². The van der Waals surface area contributed by atoms with Crippen LogP contribution in [0.1, 0.15) is 31.7 Å². The third-order valence-electron chi connectivity index (χ3n) is 3.52. The zero-order valence-corrected chi connectivity index (χ0v) is 12.7. The number of rotatable bonds is 6. The van der Waals surface area contributed by atoms with Crippen molar-refractivity contribution < 1.29 is 14.6 Å². The number of hydrogen-bond donors (Lipinski definition) is 2. The SMILES string of the molecule is CC(O)CCCC=Cc1ccc(-c2ccccc2)c(O)c1F. The molecule has 2 N–H and O–H groups in total. The van der Waals surface area contributed by atoms with E-state index in [0.29, 0.717) is 11.1 Å². The van der Waals surface area contributed by atoms with Gasteiger partial charge < -0.3 is 10.2 Å². The summed E-state index contributed by atoms with van der Waals surface area (Å²) in [5.41, 5.74) is 1.64. The Morgan fingerprint density at radius 3 is 2.55 bits per heavy atom. The third kappa shape index (κ3) is 4.18. The Kier molecular flexibility index (Phi) is 5.73. The molecule has 0 aliphatic rings. The number of aliphatic hydroxyl groups excluding tert-OH is 1. The summed E-state index contributed by atoms with van der Waals surface area (Å²) in [6.07, 6.45) is 5.58. The number of benzene rings is 2. The van der Waals surface area contributed by atoms with Gasteiger partial charge in [-0.15, -0.1) is 0 Å². The second kappa shape index (κ2) is 7.76. The lowest BCUT2D eigenvalue weighted by molar-refractivity contribution is 0.182. The highest BCUT2D eigenvalue weighted by Gasteiger charge is 2.12. The van der Waals surface area contributed by atoms with Crippen LogP contribution in [0.2, 0.25) is 0 Å². The van der Waals surface area contributed by atoms with Crippen LogP contribution in [0, 0.1) is 5.82 Å². The highest BCUT2D eigenvalue weighted by Crippen LogP contribution is 2.33. The average molecular weight is 300 g/mol. The molecule has 0 bridgehead atoms. The van der Waals surface area contributed by atoms with Gasteiger partial charge in [-0.05, 0) is 37.8 Å². The fourth-order valence-corrected chi connectivity index (χ4v) is 2.30. The summed E-state index contributed by atoms with van der Waals surface area (Å²) in [6.45, 7) is 1.75. The molecule has 0 heterocycles. The van der Waals surface area contributed by atoms with E-state index >= 15 is 0 Å². The first-order valence-electron chi connectivity index (χ1n) is 7.51. The van der Waals surface area contributed by atoms with E-state index in [1.165, 1.54) is 0 Å². The van der Waals surface area contributed by atoms with E-state index in [1.54, 1.807) is 25.1 Å². The van der Waals surface area contributed by atoms with E-state index in [9.17, 15) is 14.6 Å². The third-order valence-corrected chi connectivity index (χ3v) is 3.52. The van der Waals surface area contributed by atoms with Crippen LogP contribution in [-0.4, -0.2) is 16.3 Å². The van der Waals surface area contributed by atoms with E-state index in [4.69, 9.17) is 0 Å². The van der Waals surface area contributed by atoms with Crippen molar-refractivity contribution in [1.29, 1.82) is 0 Å². The number of phenolic OH excluding ortho intramolecular Hbond substituents is 1. The minimum absolute atomic E-state index is 0.306. The highest BCUT2D eigenvalue weighted by atomic mass is 19.1. The van der Waals surface area contributed by atoms with Crippen molar-refractivity contribution in [3.63, 3.8) is 0 Å². The molecular weight excluding hydrogens is 279 g/mol. The van der Waals surface area contributed by atoms with Gasteiger partial charge in [0.1, 0.15) is 0 Å². The second-order valence-electron chi connectivity index (χ2n) is 5.41. The van der Waals surface area contributed by atoms with Gasteiger partial charge in [-0.3, -0.25) is 0 Å². The summed E-state index contributed by atoms with van der Waals surface area (Å²) in [7, 11) is 0. The molecule has 2 aromatic rings. The van der Waals surface area contributed by atoms with Crippen molar-refractivity contribution in [3.05, 3.63) is 59.9 Å². The molecule has 0 aliphatic heterocycles. The number of allylic oxidation sites excluding steroid dienone is 1. The van der Waals surface area contributed by atoms with Crippen LogP contribution in [-0.2, 0) is 0 Å². The average Bonchev–Trinajstić information content (AvgIpc) is 2.51. The van der Waals surface area contributed by atoms with Crippen molar-refractivity contribution in [2.75, 3.05) is 0 Å². The Morgan fingerprint density at radius 1 is 1.14 bits per heavy atom. The molecule has 0 spiro atoms. The molecule has 0 saturated heterocycles. The topological polar surface area (TPSA) is 40.5 Å².